The van der Waals surface area contributed by atoms with Gasteiger partial charge in [-0.1, -0.05) is 47.6 Å². The van der Waals surface area contributed by atoms with Crippen molar-refractivity contribution < 1.29 is 14.3 Å². The second-order valence-electron chi connectivity index (χ2n) is 5.54. The number of esters is 1. The van der Waals surface area contributed by atoms with E-state index < -0.39 is 5.97 Å². The Morgan fingerprint density at radius 1 is 1.26 bits per heavy atom. The highest BCUT2D eigenvalue weighted by Gasteiger charge is 2.11. The van der Waals surface area contributed by atoms with Crippen LogP contribution in [0.3, 0.4) is 0 Å². The van der Waals surface area contributed by atoms with E-state index in [1.165, 1.54) is 24.5 Å². The number of amides is 1. The van der Waals surface area contributed by atoms with Crippen LogP contribution in [-0.2, 0) is 16.1 Å². The van der Waals surface area contributed by atoms with Crippen molar-refractivity contribution in [3.05, 3.63) is 70.5 Å². The van der Waals surface area contributed by atoms with Crippen molar-refractivity contribution in [1.29, 1.82) is 0 Å². The summed E-state index contributed by atoms with van der Waals surface area (Å²) in [6.07, 6.45) is 8.59. The lowest BCUT2D eigenvalue weighted by molar-refractivity contribution is -0.113. The molecule has 1 amide bonds. The number of fused-ring (bicyclic) bond motifs is 1. The van der Waals surface area contributed by atoms with Gasteiger partial charge in [-0.3, -0.25) is 4.79 Å². The van der Waals surface area contributed by atoms with Gasteiger partial charge in [-0.05, 0) is 29.8 Å². The highest BCUT2D eigenvalue weighted by atomic mass is 32.1. The van der Waals surface area contributed by atoms with Crippen molar-refractivity contribution in [3.63, 3.8) is 0 Å². The van der Waals surface area contributed by atoms with Crippen molar-refractivity contribution in [3.8, 4) is 12.3 Å². The van der Waals surface area contributed by atoms with Crippen LogP contribution in [0.5, 0.6) is 0 Å². The van der Waals surface area contributed by atoms with Gasteiger partial charge >= 0.3 is 5.97 Å². The Hall–Kier alpha value is -3.43. The summed E-state index contributed by atoms with van der Waals surface area (Å²) in [6, 6.07) is 14.6. The van der Waals surface area contributed by atoms with Crippen molar-refractivity contribution >= 4 is 39.5 Å². The largest absolute Gasteiger partial charge is 0.465 e. The summed E-state index contributed by atoms with van der Waals surface area (Å²) in [5.74, 6) is 1.76. The van der Waals surface area contributed by atoms with Gasteiger partial charge < -0.3 is 9.30 Å². The van der Waals surface area contributed by atoms with Crippen molar-refractivity contribution in [2.75, 3.05) is 7.11 Å². The molecule has 0 aliphatic rings. The Morgan fingerprint density at radius 2 is 2.04 bits per heavy atom. The van der Waals surface area contributed by atoms with Gasteiger partial charge in [-0.25, -0.2) is 4.79 Å². The molecule has 0 bridgehead atoms. The number of hydrogen-bond acceptors (Lipinski definition) is 4. The van der Waals surface area contributed by atoms with Gasteiger partial charge in [0.15, 0.2) is 4.80 Å². The van der Waals surface area contributed by atoms with E-state index in [9.17, 15) is 9.59 Å². The number of benzene rings is 2. The molecule has 0 atom stereocenters. The van der Waals surface area contributed by atoms with Gasteiger partial charge in [0.2, 0.25) is 0 Å². The number of aromatic nitrogens is 1. The maximum atomic E-state index is 12.3. The first kappa shape index (κ1) is 18.4. The highest BCUT2D eigenvalue weighted by Crippen LogP contribution is 2.20. The summed E-state index contributed by atoms with van der Waals surface area (Å²) in [7, 11) is 1.33. The highest BCUT2D eigenvalue weighted by molar-refractivity contribution is 7.16. The Labute approximate surface area is 160 Å². The Kier molecular flexibility index (Phi) is 5.64. The molecule has 27 heavy (non-hydrogen) atoms. The fourth-order valence-electron chi connectivity index (χ4n) is 2.51. The average molecular weight is 376 g/mol. The first-order valence-electron chi connectivity index (χ1n) is 8.09. The summed E-state index contributed by atoms with van der Waals surface area (Å²) in [5.41, 5.74) is 2.15. The minimum absolute atomic E-state index is 0.270. The molecule has 1 aromatic heterocycles. The number of thiazole rings is 1. The molecule has 6 heteroatoms. The van der Waals surface area contributed by atoms with Crippen LogP contribution in [0.15, 0.2) is 59.6 Å². The van der Waals surface area contributed by atoms with E-state index >= 15 is 0 Å². The zero-order valence-electron chi connectivity index (χ0n) is 14.6. The fourth-order valence-corrected chi connectivity index (χ4v) is 3.58. The van der Waals surface area contributed by atoms with Crippen LogP contribution in [0.2, 0.25) is 0 Å². The van der Waals surface area contributed by atoms with Crippen molar-refractivity contribution in [1.82, 2.24) is 4.57 Å². The smallest absolute Gasteiger partial charge is 0.337 e. The lowest BCUT2D eigenvalue weighted by atomic mass is 10.2. The molecule has 1 heterocycles. The Morgan fingerprint density at radius 3 is 2.74 bits per heavy atom. The number of hydrogen-bond donors (Lipinski definition) is 0. The van der Waals surface area contributed by atoms with E-state index in [0.29, 0.717) is 10.4 Å². The number of carbonyl (C=O) groups is 2. The molecule has 0 aliphatic heterocycles. The molecule has 0 radical (unpaired) electrons. The lowest BCUT2D eigenvalue weighted by Crippen LogP contribution is -2.15. The molecule has 0 fully saturated rings. The van der Waals surface area contributed by atoms with Crippen LogP contribution in [0.1, 0.15) is 15.9 Å². The molecule has 3 aromatic rings. The zero-order valence-corrected chi connectivity index (χ0v) is 15.4. The molecule has 0 spiro atoms. The predicted molar refractivity (Wildman–Crippen MR) is 106 cm³/mol. The summed E-state index contributed by atoms with van der Waals surface area (Å²) >= 11 is 1.29. The molecule has 2 aromatic carbocycles. The molecular formula is C21H16N2O3S. The Bertz CT molecular complexity index is 1130. The molecule has 0 N–H and O–H groups in total. The molecular weight excluding hydrogens is 360 g/mol. The minimum Gasteiger partial charge on any atom is -0.465 e. The number of terminal acetylenes is 1. The average Bonchev–Trinajstić information content (AvgIpc) is 3.03. The molecule has 134 valence electrons. The second-order valence-corrected chi connectivity index (χ2v) is 6.55. The van der Waals surface area contributed by atoms with Crippen molar-refractivity contribution in [2.45, 2.75) is 6.54 Å². The molecule has 0 saturated heterocycles. The van der Waals surface area contributed by atoms with E-state index in [2.05, 4.69) is 10.9 Å². The number of nitrogens with zero attached hydrogens (tertiary/aromatic N) is 2. The van der Waals surface area contributed by atoms with E-state index in [4.69, 9.17) is 11.2 Å². The number of rotatable bonds is 4. The van der Waals surface area contributed by atoms with Crippen LogP contribution in [0.25, 0.3) is 16.3 Å². The SMILES string of the molecule is C#CCn1c(=NC(=O)C=Cc2ccccc2)sc2cc(C(=O)OC)ccc21. The first-order chi connectivity index (χ1) is 13.1. The Balaban J connectivity index is 2.01. The summed E-state index contributed by atoms with van der Waals surface area (Å²) < 4.78 is 7.32. The van der Waals surface area contributed by atoms with E-state index in [-0.39, 0.29) is 12.5 Å². The van der Waals surface area contributed by atoms with Gasteiger partial charge in [0, 0.05) is 6.08 Å². The van der Waals surface area contributed by atoms with Crippen LogP contribution < -0.4 is 4.80 Å². The third-order valence-corrected chi connectivity index (χ3v) is 4.82. The first-order valence-corrected chi connectivity index (χ1v) is 8.91. The third kappa shape index (κ3) is 4.22. The molecule has 0 saturated carbocycles. The fraction of sp³-hybridized carbons (Fsp3) is 0.0952. The van der Waals surface area contributed by atoms with Crippen LogP contribution >= 0.6 is 11.3 Å². The van der Waals surface area contributed by atoms with Gasteiger partial charge in [0.05, 0.1) is 29.4 Å². The lowest BCUT2D eigenvalue weighted by Gasteiger charge is -2.01. The van der Waals surface area contributed by atoms with E-state index in [0.717, 1.165) is 15.8 Å². The van der Waals surface area contributed by atoms with Crippen molar-refractivity contribution in [2.24, 2.45) is 4.99 Å². The summed E-state index contributed by atoms with van der Waals surface area (Å²) in [6.45, 7) is 0.270. The topological polar surface area (TPSA) is 60.7 Å². The van der Waals surface area contributed by atoms with Crippen LogP contribution in [-0.4, -0.2) is 23.6 Å². The van der Waals surface area contributed by atoms with E-state index in [1.807, 2.05) is 30.3 Å². The second kappa shape index (κ2) is 8.30. The molecule has 3 rings (SSSR count). The summed E-state index contributed by atoms with van der Waals surface area (Å²) in [4.78, 5) is 28.6. The van der Waals surface area contributed by atoms with E-state index in [1.54, 1.807) is 28.8 Å². The number of carbonyl (C=O) groups excluding carboxylic acids is 2. The normalized spacial score (nSPS) is 11.6. The van der Waals surface area contributed by atoms with Gasteiger partial charge in [0.1, 0.15) is 0 Å². The number of methoxy groups -OCH3 is 1. The van der Waals surface area contributed by atoms with Gasteiger partial charge in [-0.15, -0.1) is 6.42 Å². The van der Waals surface area contributed by atoms with Crippen LogP contribution in [0.4, 0.5) is 0 Å². The molecule has 0 aliphatic carbocycles. The number of ether oxygens (including phenoxy) is 1. The monoisotopic (exact) mass is 376 g/mol. The maximum Gasteiger partial charge on any atom is 0.337 e. The van der Waals surface area contributed by atoms with Crippen LogP contribution in [0, 0.1) is 12.3 Å². The minimum atomic E-state index is -0.422. The third-order valence-electron chi connectivity index (χ3n) is 3.78. The zero-order chi connectivity index (χ0) is 19.2. The molecule has 5 nitrogen and oxygen atoms in total. The predicted octanol–water partition coefficient (Wildman–Crippen LogP) is 3.26. The van der Waals surface area contributed by atoms with Gasteiger partial charge in [-0.2, -0.15) is 4.99 Å². The summed E-state index contributed by atoms with van der Waals surface area (Å²) in [5, 5.41) is 0. The quantitative estimate of drug-likeness (QED) is 0.399. The maximum absolute atomic E-state index is 12.3. The standard InChI is InChI=1S/C21H16N2O3S/c1-3-13-23-17-11-10-16(20(25)26-2)14-18(17)27-21(23)22-19(24)12-9-15-7-5-4-6-8-15/h1,4-12,14H,13H2,2H3. The van der Waals surface area contributed by atoms with Gasteiger partial charge in [0.25, 0.3) is 5.91 Å². The molecule has 0 unspecified atom stereocenters.